The Labute approximate surface area is 69.0 Å². The maximum Gasteiger partial charge on any atom is 0.249 e. The fraction of sp³-hybridized carbons (Fsp3) is 0.286. The number of hydrogen-bond donors (Lipinski definition) is 2. The standard InChI is InChI=1S/C7H8N4O/c8-6-2-1-4-5(10-6)3-9-11-7(4)12/h1-5H,(H2,8,10)(H,11,12). The third kappa shape index (κ3) is 0.990. The fourth-order valence-corrected chi connectivity index (χ4v) is 1.23. The van der Waals surface area contributed by atoms with E-state index in [1.807, 2.05) is 0 Å². The second-order valence-electron chi connectivity index (χ2n) is 2.68. The molecular weight excluding hydrogens is 156 g/mol. The molecule has 62 valence electrons. The number of nitrogens with two attached hydrogens (primary N) is 1. The van der Waals surface area contributed by atoms with Crippen molar-refractivity contribution in [1.82, 2.24) is 5.43 Å². The summed E-state index contributed by atoms with van der Waals surface area (Å²) in [5, 5.41) is 3.66. The molecule has 0 saturated carbocycles. The van der Waals surface area contributed by atoms with E-state index in [4.69, 9.17) is 5.73 Å². The van der Waals surface area contributed by atoms with E-state index >= 15 is 0 Å². The first kappa shape index (κ1) is 7.02. The van der Waals surface area contributed by atoms with Gasteiger partial charge < -0.3 is 5.73 Å². The Morgan fingerprint density at radius 3 is 3.25 bits per heavy atom. The molecule has 2 unspecified atom stereocenters. The minimum atomic E-state index is -0.241. The predicted octanol–water partition coefficient (Wildman–Crippen LogP) is -0.986. The average Bonchev–Trinajstić information content (AvgIpc) is 2.04. The van der Waals surface area contributed by atoms with Crippen molar-refractivity contribution in [2.24, 2.45) is 21.7 Å². The lowest BCUT2D eigenvalue weighted by Gasteiger charge is -2.22. The number of nitrogens with zero attached hydrogens (tertiary/aromatic N) is 2. The third-order valence-corrected chi connectivity index (χ3v) is 1.85. The van der Waals surface area contributed by atoms with Crippen molar-refractivity contribution >= 4 is 18.0 Å². The molecule has 0 spiro atoms. The summed E-state index contributed by atoms with van der Waals surface area (Å²) in [4.78, 5) is 15.2. The Morgan fingerprint density at radius 1 is 1.58 bits per heavy atom. The molecule has 0 saturated heterocycles. The van der Waals surface area contributed by atoms with Crippen molar-refractivity contribution in [2.45, 2.75) is 6.04 Å². The van der Waals surface area contributed by atoms with Crippen molar-refractivity contribution in [3.8, 4) is 0 Å². The zero-order chi connectivity index (χ0) is 8.55. The molecule has 3 N–H and O–H groups in total. The van der Waals surface area contributed by atoms with Crippen molar-refractivity contribution < 1.29 is 4.79 Å². The lowest BCUT2D eigenvalue weighted by Crippen LogP contribution is -2.41. The summed E-state index contributed by atoms with van der Waals surface area (Å²) in [5.74, 6) is 0.0715. The molecule has 0 bridgehead atoms. The lowest BCUT2D eigenvalue weighted by atomic mass is 9.96. The molecule has 0 aromatic rings. The summed E-state index contributed by atoms with van der Waals surface area (Å²) >= 11 is 0. The quantitative estimate of drug-likeness (QED) is 0.482. The van der Waals surface area contributed by atoms with Gasteiger partial charge in [-0.15, -0.1) is 0 Å². The first-order valence-electron chi connectivity index (χ1n) is 3.62. The minimum absolute atomic E-state index is 0.130. The van der Waals surface area contributed by atoms with Crippen LogP contribution in [0.25, 0.3) is 0 Å². The second-order valence-corrected chi connectivity index (χ2v) is 2.68. The van der Waals surface area contributed by atoms with E-state index in [9.17, 15) is 4.79 Å². The summed E-state index contributed by atoms with van der Waals surface area (Å²) < 4.78 is 0. The van der Waals surface area contributed by atoms with Crippen LogP contribution < -0.4 is 11.2 Å². The first-order chi connectivity index (χ1) is 5.77. The Hall–Kier alpha value is -1.65. The Morgan fingerprint density at radius 2 is 2.42 bits per heavy atom. The van der Waals surface area contributed by atoms with E-state index in [0.717, 1.165) is 0 Å². The highest BCUT2D eigenvalue weighted by Gasteiger charge is 2.29. The first-order valence-corrected chi connectivity index (χ1v) is 3.62. The molecule has 0 fully saturated rings. The predicted molar refractivity (Wildman–Crippen MR) is 44.7 cm³/mol. The number of carbonyl (C=O) groups excluding carboxylic acids is 1. The highest BCUT2D eigenvalue weighted by Crippen LogP contribution is 2.15. The average molecular weight is 164 g/mol. The van der Waals surface area contributed by atoms with Gasteiger partial charge in [-0.25, -0.2) is 5.43 Å². The molecule has 0 aromatic heterocycles. The molecule has 2 heterocycles. The van der Waals surface area contributed by atoms with Crippen molar-refractivity contribution in [3.05, 3.63) is 12.2 Å². The number of amides is 1. The maximum absolute atomic E-state index is 11.1. The number of hydrazone groups is 1. The Balaban J connectivity index is 2.32. The topological polar surface area (TPSA) is 79.8 Å². The van der Waals surface area contributed by atoms with Gasteiger partial charge in [0.05, 0.1) is 12.1 Å². The number of hydrogen-bond acceptors (Lipinski definition) is 4. The number of aliphatic imine (C=N–C) groups is 1. The highest BCUT2D eigenvalue weighted by molar-refractivity contribution is 5.98. The van der Waals surface area contributed by atoms with Gasteiger partial charge in [0.15, 0.2) is 0 Å². The van der Waals surface area contributed by atoms with Crippen LogP contribution in [0.1, 0.15) is 0 Å². The normalized spacial score (nSPS) is 32.3. The van der Waals surface area contributed by atoms with Gasteiger partial charge in [0.25, 0.3) is 0 Å². The summed E-state index contributed by atoms with van der Waals surface area (Å²) in [6.45, 7) is 0. The van der Waals surface area contributed by atoms with Crippen LogP contribution in [0.15, 0.2) is 22.2 Å². The lowest BCUT2D eigenvalue weighted by molar-refractivity contribution is -0.124. The summed E-state index contributed by atoms with van der Waals surface area (Å²) in [6.07, 6.45) is 4.97. The summed E-state index contributed by atoms with van der Waals surface area (Å²) in [6, 6.07) is -0.219. The van der Waals surface area contributed by atoms with Crippen LogP contribution in [0.2, 0.25) is 0 Å². The molecule has 12 heavy (non-hydrogen) atoms. The van der Waals surface area contributed by atoms with E-state index < -0.39 is 0 Å². The van der Waals surface area contributed by atoms with Gasteiger partial charge >= 0.3 is 0 Å². The van der Waals surface area contributed by atoms with Crippen LogP contribution in [0.3, 0.4) is 0 Å². The summed E-state index contributed by atoms with van der Waals surface area (Å²) in [5.41, 5.74) is 7.82. The van der Waals surface area contributed by atoms with E-state index in [2.05, 4.69) is 15.5 Å². The second kappa shape index (κ2) is 2.44. The molecule has 0 aliphatic carbocycles. The molecule has 2 aliphatic heterocycles. The largest absolute Gasteiger partial charge is 0.384 e. The van der Waals surface area contributed by atoms with Gasteiger partial charge in [-0.2, -0.15) is 5.10 Å². The van der Waals surface area contributed by atoms with Crippen molar-refractivity contribution in [1.29, 1.82) is 0 Å². The van der Waals surface area contributed by atoms with Crippen LogP contribution in [0.4, 0.5) is 0 Å². The molecule has 5 heteroatoms. The molecule has 2 rings (SSSR count). The SMILES string of the molecule is NC1=NC2C=NNC(=O)C2C=C1. The maximum atomic E-state index is 11.1. The van der Waals surface area contributed by atoms with Gasteiger partial charge in [-0.3, -0.25) is 9.79 Å². The molecule has 0 radical (unpaired) electrons. The molecular formula is C7H8N4O. The van der Waals surface area contributed by atoms with E-state index in [-0.39, 0.29) is 17.9 Å². The minimum Gasteiger partial charge on any atom is -0.384 e. The van der Waals surface area contributed by atoms with Crippen LogP contribution in [0, 0.1) is 5.92 Å². The highest BCUT2D eigenvalue weighted by atomic mass is 16.2. The molecule has 5 nitrogen and oxygen atoms in total. The third-order valence-electron chi connectivity index (χ3n) is 1.85. The van der Waals surface area contributed by atoms with Gasteiger partial charge in [0.2, 0.25) is 5.91 Å². The van der Waals surface area contributed by atoms with Crippen LogP contribution >= 0.6 is 0 Å². The monoisotopic (exact) mass is 164 g/mol. The number of fused-ring (bicyclic) bond motifs is 1. The van der Waals surface area contributed by atoms with Gasteiger partial charge in [0.1, 0.15) is 11.9 Å². The number of rotatable bonds is 0. The van der Waals surface area contributed by atoms with E-state index in [0.29, 0.717) is 5.84 Å². The number of nitrogens with one attached hydrogen (secondary N) is 1. The van der Waals surface area contributed by atoms with Gasteiger partial charge in [0, 0.05) is 0 Å². The van der Waals surface area contributed by atoms with Crippen molar-refractivity contribution in [3.63, 3.8) is 0 Å². The fourth-order valence-electron chi connectivity index (χ4n) is 1.23. The zero-order valence-corrected chi connectivity index (χ0v) is 6.27. The van der Waals surface area contributed by atoms with E-state index in [1.165, 1.54) is 0 Å². The van der Waals surface area contributed by atoms with Gasteiger partial charge in [-0.1, -0.05) is 6.08 Å². The number of amidine groups is 1. The van der Waals surface area contributed by atoms with Crippen LogP contribution in [-0.4, -0.2) is 24.0 Å². The Kier molecular flexibility index (Phi) is 1.43. The summed E-state index contributed by atoms with van der Waals surface area (Å²) in [7, 11) is 0. The van der Waals surface area contributed by atoms with Crippen molar-refractivity contribution in [2.75, 3.05) is 0 Å². The molecule has 1 amide bonds. The smallest absolute Gasteiger partial charge is 0.249 e. The van der Waals surface area contributed by atoms with E-state index in [1.54, 1.807) is 18.4 Å². The van der Waals surface area contributed by atoms with Gasteiger partial charge in [-0.05, 0) is 6.08 Å². The van der Waals surface area contributed by atoms with Crippen LogP contribution in [0.5, 0.6) is 0 Å². The molecule has 2 atom stereocenters. The van der Waals surface area contributed by atoms with Crippen LogP contribution in [-0.2, 0) is 4.79 Å². The number of carbonyl (C=O) groups is 1. The molecule has 2 aliphatic rings. The Bertz CT molecular complexity index is 305. The number of dihydropyridines is 1. The molecule has 0 aromatic carbocycles. The zero-order valence-electron chi connectivity index (χ0n) is 6.27.